The van der Waals surface area contributed by atoms with Gasteiger partial charge in [0.1, 0.15) is 5.54 Å². The molecular weight excluding hydrogens is 400 g/mol. The minimum absolute atomic E-state index is 0.106. The molecule has 2 N–H and O–H groups in total. The number of carbonyl (C=O) groups is 3. The van der Waals surface area contributed by atoms with Gasteiger partial charge in [-0.2, -0.15) is 5.10 Å². The van der Waals surface area contributed by atoms with Crippen LogP contribution in [0.1, 0.15) is 31.3 Å². The number of nitrogens with one attached hydrogen (secondary N) is 2. The lowest BCUT2D eigenvalue weighted by atomic mass is 9.95. The molecule has 9 nitrogen and oxygen atoms in total. The molecule has 2 heterocycles. The predicted molar refractivity (Wildman–Crippen MR) is 114 cm³/mol. The van der Waals surface area contributed by atoms with Crippen molar-refractivity contribution in [2.75, 3.05) is 10.2 Å². The number of hydrogen-bond acceptors (Lipinski definition) is 6. The van der Waals surface area contributed by atoms with E-state index in [1.807, 2.05) is 0 Å². The van der Waals surface area contributed by atoms with Crippen molar-refractivity contribution < 1.29 is 19.1 Å². The molecule has 0 saturated heterocycles. The highest BCUT2D eigenvalue weighted by Crippen LogP contribution is 2.37. The van der Waals surface area contributed by atoms with Crippen molar-refractivity contribution >= 4 is 39.9 Å². The van der Waals surface area contributed by atoms with Gasteiger partial charge in [-0.15, -0.1) is 0 Å². The van der Waals surface area contributed by atoms with Crippen molar-refractivity contribution in [3.8, 4) is 0 Å². The quantitative estimate of drug-likeness (QED) is 0.627. The average molecular weight is 420 g/mol. The van der Waals surface area contributed by atoms with Crippen molar-refractivity contribution in [1.82, 2.24) is 10.2 Å². The van der Waals surface area contributed by atoms with Gasteiger partial charge in [-0.25, -0.2) is 9.89 Å². The summed E-state index contributed by atoms with van der Waals surface area (Å²) in [5.41, 5.74) is -0.742. The summed E-state index contributed by atoms with van der Waals surface area (Å²) in [7, 11) is 0. The molecule has 0 fully saturated rings. The summed E-state index contributed by atoms with van der Waals surface area (Å²) in [6, 6.07) is 13.4. The Morgan fingerprint density at radius 3 is 2.42 bits per heavy atom. The highest BCUT2D eigenvalue weighted by Gasteiger charge is 2.45. The normalized spacial score (nSPS) is 15.7. The molecule has 1 aliphatic heterocycles. The third-order valence-corrected chi connectivity index (χ3v) is 5.25. The molecule has 2 aromatic carbocycles. The zero-order valence-corrected chi connectivity index (χ0v) is 17.1. The highest BCUT2D eigenvalue weighted by molar-refractivity contribution is 6.15. The second-order valence-electron chi connectivity index (χ2n) is 7.70. The Kier molecular flexibility index (Phi) is 4.81. The fourth-order valence-electron chi connectivity index (χ4n) is 3.57. The van der Waals surface area contributed by atoms with E-state index in [-0.39, 0.29) is 17.0 Å². The van der Waals surface area contributed by atoms with Crippen LogP contribution in [0, 0.1) is 0 Å². The van der Waals surface area contributed by atoms with E-state index in [1.54, 1.807) is 62.4 Å². The Hall–Kier alpha value is -4.01. The number of esters is 1. The minimum atomic E-state index is -1.21. The first-order chi connectivity index (χ1) is 14.7. The number of aromatic amines is 1. The van der Waals surface area contributed by atoms with Crippen LogP contribution in [-0.2, 0) is 14.3 Å². The Balaban J connectivity index is 1.65. The molecule has 2 amide bonds. The lowest BCUT2D eigenvalue weighted by Gasteiger charge is -2.42. The number of anilines is 2. The monoisotopic (exact) mass is 420 g/mol. The van der Waals surface area contributed by atoms with Gasteiger partial charge in [-0.3, -0.25) is 19.3 Å². The molecule has 0 radical (unpaired) electrons. The van der Waals surface area contributed by atoms with Crippen LogP contribution in [-0.4, -0.2) is 39.6 Å². The third-order valence-electron chi connectivity index (χ3n) is 5.25. The number of fused-ring (bicyclic) bond motifs is 2. The minimum Gasteiger partial charge on any atom is -0.448 e. The first kappa shape index (κ1) is 20.3. The van der Waals surface area contributed by atoms with Gasteiger partial charge in [0, 0.05) is 5.39 Å². The zero-order chi connectivity index (χ0) is 22.3. The number of carbonyl (C=O) groups excluding carboxylic acids is 3. The van der Waals surface area contributed by atoms with Crippen LogP contribution >= 0.6 is 0 Å². The highest BCUT2D eigenvalue weighted by atomic mass is 16.5. The number of nitrogens with zero attached hydrogens (tertiary/aromatic N) is 2. The van der Waals surface area contributed by atoms with E-state index in [2.05, 4.69) is 15.5 Å². The first-order valence-corrected chi connectivity index (χ1v) is 9.65. The molecule has 0 spiro atoms. The molecule has 1 aromatic heterocycles. The van der Waals surface area contributed by atoms with Crippen LogP contribution in [0.4, 0.5) is 11.4 Å². The zero-order valence-electron chi connectivity index (χ0n) is 17.1. The van der Waals surface area contributed by atoms with Gasteiger partial charge >= 0.3 is 5.97 Å². The van der Waals surface area contributed by atoms with E-state index in [0.717, 1.165) is 0 Å². The molecule has 3 aromatic rings. The molecule has 1 aliphatic rings. The van der Waals surface area contributed by atoms with E-state index < -0.39 is 29.1 Å². The SMILES string of the molecule is CC(OC(=O)c1n[nH]c(=O)c2ccccc12)C(=O)N1c2ccccc2NC(=O)C1(C)C. The summed E-state index contributed by atoms with van der Waals surface area (Å²) in [6.45, 7) is 4.66. The van der Waals surface area contributed by atoms with Crippen molar-refractivity contribution in [2.24, 2.45) is 0 Å². The Bertz CT molecular complexity index is 1280. The number of para-hydroxylation sites is 2. The maximum absolute atomic E-state index is 13.3. The topological polar surface area (TPSA) is 121 Å². The second kappa shape index (κ2) is 7.35. The van der Waals surface area contributed by atoms with Crippen LogP contribution in [0.5, 0.6) is 0 Å². The lowest BCUT2D eigenvalue weighted by molar-refractivity contribution is -0.131. The molecule has 9 heteroatoms. The molecule has 1 unspecified atom stereocenters. The maximum Gasteiger partial charge on any atom is 0.360 e. The van der Waals surface area contributed by atoms with Crippen molar-refractivity contribution in [3.63, 3.8) is 0 Å². The molecule has 4 rings (SSSR count). The van der Waals surface area contributed by atoms with E-state index in [0.29, 0.717) is 16.8 Å². The summed E-state index contributed by atoms with van der Waals surface area (Å²) >= 11 is 0. The van der Waals surface area contributed by atoms with Crippen LogP contribution in [0.25, 0.3) is 10.8 Å². The van der Waals surface area contributed by atoms with Crippen LogP contribution in [0.15, 0.2) is 53.3 Å². The summed E-state index contributed by atoms with van der Waals surface area (Å²) in [5.74, 6) is -1.78. The number of rotatable bonds is 3. The van der Waals surface area contributed by atoms with Crippen molar-refractivity contribution in [1.29, 1.82) is 0 Å². The Morgan fingerprint density at radius 2 is 1.68 bits per heavy atom. The van der Waals surface area contributed by atoms with Gasteiger partial charge in [0.2, 0.25) is 5.91 Å². The third kappa shape index (κ3) is 3.33. The smallest absolute Gasteiger partial charge is 0.360 e. The average Bonchev–Trinajstić information content (AvgIpc) is 2.74. The van der Waals surface area contributed by atoms with E-state index in [1.165, 1.54) is 11.8 Å². The summed E-state index contributed by atoms with van der Waals surface area (Å²) in [5, 5.41) is 9.46. The molecule has 0 bridgehead atoms. The van der Waals surface area contributed by atoms with Gasteiger partial charge in [-0.1, -0.05) is 30.3 Å². The van der Waals surface area contributed by atoms with Crippen LogP contribution in [0.2, 0.25) is 0 Å². The number of amides is 2. The molecule has 1 atom stereocenters. The van der Waals surface area contributed by atoms with Gasteiger partial charge in [-0.05, 0) is 39.0 Å². The molecule has 158 valence electrons. The fourth-order valence-corrected chi connectivity index (χ4v) is 3.57. The number of ether oxygens (including phenoxy) is 1. The second-order valence-corrected chi connectivity index (χ2v) is 7.70. The number of benzene rings is 2. The largest absolute Gasteiger partial charge is 0.448 e. The van der Waals surface area contributed by atoms with E-state index in [9.17, 15) is 19.2 Å². The molecular formula is C22H20N4O5. The predicted octanol–water partition coefficient (Wildman–Crippen LogP) is 2.23. The first-order valence-electron chi connectivity index (χ1n) is 9.65. The van der Waals surface area contributed by atoms with Crippen LogP contribution < -0.4 is 15.8 Å². The summed E-state index contributed by atoms with van der Waals surface area (Å²) in [4.78, 5) is 51.9. The van der Waals surface area contributed by atoms with Crippen molar-refractivity contribution in [3.05, 3.63) is 64.6 Å². The lowest BCUT2D eigenvalue weighted by Crippen LogP contribution is -2.60. The number of H-pyrrole nitrogens is 1. The van der Waals surface area contributed by atoms with Crippen molar-refractivity contribution in [2.45, 2.75) is 32.4 Å². The number of aromatic nitrogens is 2. The molecule has 31 heavy (non-hydrogen) atoms. The molecule has 0 aliphatic carbocycles. The Labute approximate surface area is 177 Å². The summed E-state index contributed by atoms with van der Waals surface area (Å²) < 4.78 is 5.40. The van der Waals surface area contributed by atoms with E-state index >= 15 is 0 Å². The maximum atomic E-state index is 13.3. The Morgan fingerprint density at radius 1 is 1.03 bits per heavy atom. The number of hydrogen-bond donors (Lipinski definition) is 2. The van der Waals surface area contributed by atoms with E-state index in [4.69, 9.17) is 4.74 Å². The van der Waals surface area contributed by atoms with Crippen LogP contribution in [0.3, 0.4) is 0 Å². The van der Waals surface area contributed by atoms with Gasteiger partial charge in [0.15, 0.2) is 11.8 Å². The fraction of sp³-hybridized carbons (Fsp3) is 0.227. The molecule has 0 saturated carbocycles. The van der Waals surface area contributed by atoms with Gasteiger partial charge in [0.25, 0.3) is 11.5 Å². The standard InChI is InChI=1S/C22H20N4O5/c1-12(31-20(29)17-13-8-4-5-9-14(13)18(27)25-24-17)19(28)26-16-11-7-6-10-15(16)23-21(30)22(26,2)3/h4-12H,1-3H3,(H,23,30)(H,25,27). The summed E-state index contributed by atoms with van der Waals surface area (Å²) in [6.07, 6.45) is -1.21. The van der Waals surface area contributed by atoms with Gasteiger partial charge < -0.3 is 10.1 Å². The van der Waals surface area contributed by atoms with Gasteiger partial charge in [0.05, 0.1) is 16.8 Å².